The molecule has 1 amide bonds. The summed E-state index contributed by atoms with van der Waals surface area (Å²) in [7, 11) is 0. The molecule has 1 aliphatic rings. The second-order valence-electron chi connectivity index (χ2n) is 6.67. The van der Waals surface area contributed by atoms with Gasteiger partial charge in [0.05, 0.1) is 16.3 Å². The number of carbonyl (C=O) groups excluding carboxylic acids is 1. The average molecular weight is 359 g/mol. The first kappa shape index (κ1) is 17.7. The first-order valence-corrected chi connectivity index (χ1v) is 9.07. The lowest BCUT2D eigenvalue weighted by molar-refractivity contribution is 0.0927. The summed E-state index contributed by atoms with van der Waals surface area (Å²) in [4.78, 5) is 20.8. The van der Waals surface area contributed by atoms with Gasteiger partial charge in [-0.3, -0.25) is 4.79 Å². The number of aromatic nitrogens is 2. The van der Waals surface area contributed by atoms with Gasteiger partial charge < -0.3 is 10.6 Å². The largest absolute Gasteiger partial charge is 0.349 e. The van der Waals surface area contributed by atoms with Crippen molar-refractivity contribution in [2.45, 2.75) is 52.0 Å². The maximum atomic E-state index is 12.3. The molecule has 0 aliphatic heterocycles. The van der Waals surface area contributed by atoms with Gasteiger partial charge in [0, 0.05) is 18.4 Å². The Morgan fingerprint density at radius 2 is 1.80 bits per heavy atom. The van der Waals surface area contributed by atoms with Crippen LogP contribution in [0, 0.1) is 13.8 Å². The van der Waals surface area contributed by atoms with Crippen molar-refractivity contribution in [1.82, 2.24) is 15.3 Å². The molecule has 5 nitrogen and oxygen atoms in total. The van der Waals surface area contributed by atoms with Crippen molar-refractivity contribution >= 4 is 29.1 Å². The SMILES string of the molecule is Cc1cc(C)c(Nc2ncc(C(=O)NC3CCCCC3)cn2)c(Cl)c1. The van der Waals surface area contributed by atoms with Crippen molar-refractivity contribution in [1.29, 1.82) is 0 Å². The van der Waals surface area contributed by atoms with Crippen molar-refractivity contribution in [3.05, 3.63) is 46.2 Å². The van der Waals surface area contributed by atoms with Gasteiger partial charge >= 0.3 is 0 Å². The van der Waals surface area contributed by atoms with Gasteiger partial charge in [0.1, 0.15) is 0 Å². The summed E-state index contributed by atoms with van der Waals surface area (Å²) in [5.41, 5.74) is 3.38. The number of aryl methyl sites for hydroxylation is 2. The number of amides is 1. The monoisotopic (exact) mass is 358 g/mol. The highest BCUT2D eigenvalue weighted by Crippen LogP contribution is 2.29. The van der Waals surface area contributed by atoms with E-state index in [4.69, 9.17) is 11.6 Å². The van der Waals surface area contributed by atoms with E-state index in [-0.39, 0.29) is 11.9 Å². The standard InChI is InChI=1S/C19H23ClN4O/c1-12-8-13(2)17(16(20)9-12)24-19-21-10-14(11-22-19)18(25)23-15-6-4-3-5-7-15/h8-11,15H,3-7H2,1-2H3,(H,23,25)(H,21,22,24). The van der Waals surface area contributed by atoms with Gasteiger partial charge in [-0.25, -0.2) is 9.97 Å². The van der Waals surface area contributed by atoms with E-state index in [0.717, 1.165) is 29.7 Å². The summed E-state index contributed by atoms with van der Waals surface area (Å²) < 4.78 is 0. The molecule has 132 valence electrons. The maximum absolute atomic E-state index is 12.3. The number of nitrogens with zero attached hydrogens (tertiary/aromatic N) is 2. The summed E-state index contributed by atoms with van der Waals surface area (Å²) in [6.07, 6.45) is 8.82. The Labute approximate surface area is 153 Å². The van der Waals surface area contributed by atoms with Gasteiger partial charge in [0.25, 0.3) is 5.91 Å². The van der Waals surface area contributed by atoms with E-state index in [2.05, 4.69) is 20.6 Å². The van der Waals surface area contributed by atoms with Gasteiger partial charge in [-0.15, -0.1) is 0 Å². The number of hydrogen-bond acceptors (Lipinski definition) is 4. The van der Waals surface area contributed by atoms with E-state index in [0.29, 0.717) is 16.5 Å². The van der Waals surface area contributed by atoms with Gasteiger partial charge in [-0.1, -0.05) is 36.9 Å². The second kappa shape index (κ2) is 7.83. The minimum atomic E-state index is -0.108. The van der Waals surface area contributed by atoms with Crippen molar-refractivity contribution < 1.29 is 4.79 Å². The highest BCUT2D eigenvalue weighted by atomic mass is 35.5. The van der Waals surface area contributed by atoms with E-state index in [1.54, 1.807) is 12.4 Å². The van der Waals surface area contributed by atoms with Gasteiger partial charge in [0.2, 0.25) is 5.95 Å². The number of halogens is 1. The summed E-state index contributed by atoms with van der Waals surface area (Å²) in [5, 5.41) is 6.82. The van der Waals surface area contributed by atoms with Crippen LogP contribution in [0.5, 0.6) is 0 Å². The maximum Gasteiger partial charge on any atom is 0.254 e. The molecule has 25 heavy (non-hydrogen) atoms. The Bertz CT molecular complexity index is 732. The second-order valence-corrected chi connectivity index (χ2v) is 7.07. The molecule has 2 N–H and O–H groups in total. The Morgan fingerprint density at radius 1 is 1.12 bits per heavy atom. The molecular weight excluding hydrogens is 336 g/mol. The fourth-order valence-electron chi connectivity index (χ4n) is 3.21. The molecule has 0 radical (unpaired) electrons. The minimum Gasteiger partial charge on any atom is -0.349 e. The van der Waals surface area contributed by atoms with Crippen LogP contribution in [0.15, 0.2) is 24.5 Å². The van der Waals surface area contributed by atoms with Crippen LogP contribution >= 0.6 is 11.6 Å². The Balaban J connectivity index is 1.67. The Kier molecular flexibility index (Phi) is 5.53. The van der Waals surface area contributed by atoms with Crippen LogP contribution < -0.4 is 10.6 Å². The molecule has 1 aromatic heterocycles. The molecule has 2 aromatic rings. The summed E-state index contributed by atoms with van der Waals surface area (Å²) in [5.74, 6) is 0.311. The van der Waals surface area contributed by atoms with Gasteiger partial charge in [0.15, 0.2) is 0 Å². The molecule has 1 fully saturated rings. The molecule has 0 bridgehead atoms. The Morgan fingerprint density at radius 3 is 2.44 bits per heavy atom. The molecule has 1 aromatic carbocycles. The van der Waals surface area contributed by atoms with E-state index in [9.17, 15) is 4.79 Å². The minimum absolute atomic E-state index is 0.108. The van der Waals surface area contributed by atoms with E-state index in [1.807, 2.05) is 26.0 Å². The van der Waals surface area contributed by atoms with Gasteiger partial charge in [-0.2, -0.15) is 0 Å². The third-order valence-corrected chi connectivity index (χ3v) is 4.82. The molecule has 0 atom stereocenters. The zero-order valence-electron chi connectivity index (χ0n) is 14.6. The fourth-order valence-corrected chi connectivity index (χ4v) is 3.58. The summed E-state index contributed by atoms with van der Waals surface area (Å²) in [6, 6.07) is 4.20. The molecule has 1 aliphatic carbocycles. The molecule has 1 heterocycles. The predicted octanol–water partition coefficient (Wildman–Crippen LogP) is 4.55. The first-order chi connectivity index (χ1) is 12.0. The predicted molar refractivity (Wildman–Crippen MR) is 101 cm³/mol. The molecule has 6 heteroatoms. The quantitative estimate of drug-likeness (QED) is 0.841. The van der Waals surface area contributed by atoms with Crippen LogP contribution in [-0.4, -0.2) is 21.9 Å². The molecular formula is C19H23ClN4O. The lowest BCUT2D eigenvalue weighted by Gasteiger charge is -2.22. The van der Waals surface area contributed by atoms with Gasteiger partial charge in [-0.05, 0) is 43.9 Å². The van der Waals surface area contributed by atoms with Crippen molar-refractivity contribution in [2.75, 3.05) is 5.32 Å². The van der Waals surface area contributed by atoms with Crippen LogP contribution in [-0.2, 0) is 0 Å². The fraction of sp³-hybridized carbons (Fsp3) is 0.421. The lowest BCUT2D eigenvalue weighted by Crippen LogP contribution is -2.36. The lowest BCUT2D eigenvalue weighted by atomic mass is 9.95. The highest BCUT2D eigenvalue weighted by molar-refractivity contribution is 6.33. The van der Waals surface area contributed by atoms with Crippen LogP contribution in [0.2, 0.25) is 5.02 Å². The molecule has 0 unspecified atom stereocenters. The van der Waals surface area contributed by atoms with Crippen LogP contribution in [0.3, 0.4) is 0 Å². The van der Waals surface area contributed by atoms with Crippen LogP contribution in [0.25, 0.3) is 0 Å². The van der Waals surface area contributed by atoms with Crippen molar-refractivity contribution in [2.24, 2.45) is 0 Å². The molecule has 3 rings (SSSR count). The average Bonchev–Trinajstić information content (AvgIpc) is 2.59. The number of benzene rings is 1. The van der Waals surface area contributed by atoms with Crippen molar-refractivity contribution in [3.63, 3.8) is 0 Å². The highest BCUT2D eigenvalue weighted by Gasteiger charge is 2.17. The number of hydrogen-bond donors (Lipinski definition) is 2. The smallest absolute Gasteiger partial charge is 0.254 e. The topological polar surface area (TPSA) is 66.9 Å². The summed E-state index contributed by atoms with van der Waals surface area (Å²) >= 11 is 6.29. The van der Waals surface area contributed by atoms with E-state index >= 15 is 0 Å². The number of anilines is 2. The molecule has 0 saturated heterocycles. The normalized spacial score (nSPS) is 15.0. The zero-order valence-corrected chi connectivity index (χ0v) is 15.4. The molecule has 1 saturated carbocycles. The zero-order chi connectivity index (χ0) is 17.8. The number of rotatable bonds is 4. The number of nitrogens with one attached hydrogen (secondary N) is 2. The molecule has 0 spiro atoms. The number of carbonyl (C=O) groups is 1. The third-order valence-electron chi connectivity index (χ3n) is 4.52. The van der Waals surface area contributed by atoms with E-state index < -0.39 is 0 Å². The van der Waals surface area contributed by atoms with Crippen LogP contribution in [0.1, 0.15) is 53.6 Å². The first-order valence-electron chi connectivity index (χ1n) is 8.69. The van der Waals surface area contributed by atoms with Crippen molar-refractivity contribution in [3.8, 4) is 0 Å². The Hall–Kier alpha value is -2.14. The van der Waals surface area contributed by atoms with E-state index in [1.165, 1.54) is 19.3 Å². The van der Waals surface area contributed by atoms with Crippen LogP contribution in [0.4, 0.5) is 11.6 Å². The summed E-state index contributed by atoms with van der Waals surface area (Å²) in [6.45, 7) is 3.98. The third kappa shape index (κ3) is 4.48.